The van der Waals surface area contributed by atoms with Crippen LogP contribution in [0.15, 0.2) is 24.3 Å². The Labute approximate surface area is 135 Å². The molecule has 2 fully saturated rings. The van der Waals surface area contributed by atoms with Gasteiger partial charge in [0, 0.05) is 12.0 Å². The van der Waals surface area contributed by atoms with Crippen LogP contribution in [0.25, 0.3) is 0 Å². The summed E-state index contributed by atoms with van der Waals surface area (Å²) < 4.78 is 5.20. The maximum atomic E-state index is 12.1. The molecule has 1 aromatic carbocycles. The number of halogens is 2. The molecule has 2 aliphatic carbocycles. The number of alkyl halides is 2. The average Bonchev–Trinajstić information content (AvgIpc) is 3.29. The minimum Gasteiger partial charge on any atom is -0.478 e. The summed E-state index contributed by atoms with van der Waals surface area (Å²) in [5, 5.41) is 2.97. The molecular formula is C16H19Cl2NO2. The number of ether oxygens (including phenoxy) is 1. The van der Waals surface area contributed by atoms with Gasteiger partial charge < -0.3 is 10.1 Å². The first-order chi connectivity index (χ1) is 9.78. The lowest BCUT2D eigenvalue weighted by Crippen LogP contribution is -2.47. The van der Waals surface area contributed by atoms with Crippen molar-refractivity contribution in [3.8, 4) is 5.75 Å². The van der Waals surface area contributed by atoms with Crippen LogP contribution < -0.4 is 10.1 Å². The third-order valence-electron chi connectivity index (χ3n) is 3.94. The number of benzene rings is 1. The van der Waals surface area contributed by atoms with Gasteiger partial charge in [-0.3, -0.25) is 4.79 Å². The summed E-state index contributed by atoms with van der Waals surface area (Å²) in [4.78, 5) is 12.1. The summed E-state index contributed by atoms with van der Waals surface area (Å²) in [6, 6.07) is 7.98. The molecule has 0 spiro atoms. The van der Waals surface area contributed by atoms with Crippen LogP contribution in [0.1, 0.15) is 44.6 Å². The van der Waals surface area contributed by atoms with Crippen molar-refractivity contribution in [3.05, 3.63) is 29.8 Å². The molecule has 1 N–H and O–H groups in total. The maximum Gasteiger partial charge on any atom is 0.263 e. The summed E-state index contributed by atoms with van der Waals surface area (Å²) in [6.45, 7) is 3.56. The molecule has 2 aliphatic rings. The van der Waals surface area contributed by atoms with Crippen LogP contribution in [0.4, 0.5) is 0 Å². The van der Waals surface area contributed by atoms with Gasteiger partial charge in [-0.1, -0.05) is 12.1 Å². The summed E-state index contributed by atoms with van der Waals surface area (Å²) in [5.41, 5.74) is 0.222. The summed E-state index contributed by atoms with van der Waals surface area (Å²) in [6.07, 6.45) is 2.92. The summed E-state index contributed by atoms with van der Waals surface area (Å²) >= 11 is 12.1. The van der Waals surface area contributed by atoms with Gasteiger partial charge in [0.1, 0.15) is 10.1 Å². The Bertz CT molecular complexity index is 550. The molecular weight excluding hydrogens is 309 g/mol. The van der Waals surface area contributed by atoms with Crippen LogP contribution in [0.3, 0.4) is 0 Å². The molecule has 1 atom stereocenters. The lowest BCUT2D eigenvalue weighted by Gasteiger charge is -2.25. The molecule has 1 amide bonds. The molecule has 0 aromatic heterocycles. The smallest absolute Gasteiger partial charge is 0.263 e. The van der Waals surface area contributed by atoms with Crippen LogP contribution in [-0.2, 0) is 4.79 Å². The van der Waals surface area contributed by atoms with Gasteiger partial charge in [-0.05, 0) is 50.8 Å². The number of nitrogens with one attached hydrogen (secondary N) is 1. The van der Waals surface area contributed by atoms with E-state index in [1.54, 1.807) is 13.8 Å². The van der Waals surface area contributed by atoms with Gasteiger partial charge >= 0.3 is 0 Å². The van der Waals surface area contributed by atoms with Crippen molar-refractivity contribution in [1.29, 1.82) is 0 Å². The van der Waals surface area contributed by atoms with E-state index < -0.39 is 9.93 Å². The third-order valence-corrected chi connectivity index (χ3v) is 4.78. The van der Waals surface area contributed by atoms with E-state index in [0.717, 1.165) is 24.8 Å². The first-order valence-electron chi connectivity index (χ1n) is 7.26. The normalized spacial score (nSPS) is 23.5. The SMILES string of the molecule is CC(C)(Oc1ccc([C@@H]2CC2(Cl)Cl)cc1)C(=O)NC1CC1. The Hall–Kier alpha value is -0.930. The zero-order valence-corrected chi connectivity index (χ0v) is 13.7. The van der Waals surface area contributed by atoms with Crippen molar-refractivity contribution in [3.63, 3.8) is 0 Å². The highest BCUT2D eigenvalue weighted by Crippen LogP contribution is 2.59. The number of carbonyl (C=O) groups is 1. The lowest BCUT2D eigenvalue weighted by atomic mass is 10.1. The minimum atomic E-state index is -0.883. The number of carbonyl (C=O) groups excluding carboxylic acids is 1. The fourth-order valence-electron chi connectivity index (χ4n) is 2.27. The van der Waals surface area contributed by atoms with Gasteiger partial charge in [-0.15, -0.1) is 23.2 Å². The quantitative estimate of drug-likeness (QED) is 0.835. The van der Waals surface area contributed by atoms with Crippen LogP contribution in [0.2, 0.25) is 0 Å². The van der Waals surface area contributed by atoms with Crippen molar-refractivity contribution >= 4 is 29.1 Å². The standard InChI is InChI=1S/C16H19Cl2NO2/c1-15(2,14(20)19-11-5-6-11)21-12-7-3-10(4-8-12)13-9-16(13,17)18/h3-4,7-8,11,13H,5-6,9H2,1-2H3,(H,19,20)/t13-/m0/s1. The van der Waals surface area contributed by atoms with Gasteiger partial charge in [0.2, 0.25) is 0 Å². The molecule has 21 heavy (non-hydrogen) atoms. The van der Waals surface area contributed by atoms with Gasteiger partial charge in [0.15, 0.2) is 5.60 Å². The second kappa shape index (κ2) is 5.06. The maximum absolute atomic E-state index is 12.1. The zero-order valence-electron chi connectivity index (χ0n) is 12.2. The molecule has 1 aromatic rings. The van der Waals surface area contributed by atoms with Crippen molar-refractivity contribution < 1.29 is 9.53 Å². The monoisotopic (exact) mass is 327 g/mol. The number of rotatable bonds is 5. The molecule has 0 bridgehead atoms. The van der Waals surface area contributed by atoms with Gasteiger partial charge in [0.05, 0.1) is 0 Å². The van der Waals surface area contributed by atoms with Gasteiger partial charge in [-0.25, -0.2) is 0 Å². The van der Waals surface area contributed by atoms with Crippen LogP contribution in [0.5, 0.6) is 5.75 Å². The van der Waals surface area contributed by atoms with Crippen molar-refractivity contribution in [2.24, 2.45) is 0 Å². The highest BCUT2D eigenvalue weighted by atomic mass is 35.5. The first-order valence-corrected chi connectivity index (χ1v) is 8.01. The Kier molecular flexibility index (Phi) is 3.61. The van der Waals surface area contributed by atoms with E-state index in [1.807, 2.05) is 24.3 Å². The largest absolute Gasteiger partial charge is 0.478 e. The summed E-state index contributed by atoms with van der Waals surface area (Å²) in [5.74, 6) is 0.794. The number of amides is 1. The van der Waals surface area contributed by atoms with Gasteiger partial charge in [-0.2, -0.15) is 0 Å². The molecule has 0 heterocycles. The lowest BCUT2D eigenvalue weighted by molar-refractivity contribution is -0.134. The Balaban J connectivity index is 1.62. The highest BCUT2D eigenvalue weighted by molar-refractivity contribution is 6.51. The van der Waals surface area contributed by atoms with Crippen molar-refractivity contribution in [1.82, 2.24) is 5.32 Å². The molecule has 0 unspecified atom stereocenters. The molecule has 3 rings (SSSR count). The predicted octanol–water partition coefficient (Wildman–Crippen LogP) is 3.78. The third kappa shape index (κ3) is 3.46. The fourth-order valence-corrected chi connectivity index (χ4v) is 2.83. The molecule has 2 saturated carbocycles. The molecule has 0 radical (unpaired) electrons. The van der Waals surface area contributed by atoms with Crippen LogP contribution in [-0.4, -0.2) is 21.9 Å². The Morgan fingerprint density at radius 2 is 1.86 bits per heavy atom. The first kappa shape index (κ1) is 15.0. The van der Waals surface area contributed by atoms with E-state index in [9.17, 15) is 4.79 Å². The van der Waals surface area contributed by atoms with E-state index in [4.69, 9.17) is 27.9 Å². The fraction of sp³-hybridized carbons (Fsp3) is 0.562. The highest BCUT2D eigenvalue weighted by Gasteiger charge is 2.52. The number of hydrogen-bond acceptors (Lipinski definition) is 2. The molecule has 3 nitrogen and oxygen atoms in total. The summed E-state index contributed by atoms with van der Waals surface area (Å²) in [7, 11) is 0. The van der Waals surface area contributed by atoms with E-state index in [1.165, 1.54) is 0 Å². The van der Waals surface area contributed by atoms with E-state index in [2.05, 4.69) is 5.32 Å². The topological polar surface area (TPSA) is 38.3 Å². The molecule has 0 aliphatic heterocycles. The average molecular weight is 328 g/mol. The second-order valence-electron chi connectivity index (χ2n) is 6.45. The van der Waals surface area contributed by atoms with E-state index in [0.29, 0.717) is 11.8 Å². The van der Waals surface area contributed by atoms with Gasteiger partial charge in [0.25, 0.3) is 5.91 Å². The molecule has 5 heteroatoms. The van der Waals surface area contributed by atoms with E-state index >= 15 is 0 Å². The number of hydrogen-bond donors (Lipinski definition) is 1. The van der Waals surface area contributed by atoms with Crippen LogP contribution >= 0.6 is 23.2 Å². The van der Waals surface area contributed by atoms with Crippen molar-refractivity contribution in [2.75, 3.05) is 0 Å². The van der Waals surface area contributed by atoms with Crippen molar-refractivity contribution in [2.45, 2.75) is 55.0 Å². The molecule has 114 valence electrons. The zero-order chi connectivity index (χ0) is 15.3. The predicted molar refractivity (Wildman–Crippen MR) is 84.1 cm³/mol. The molecule has 0 saturated heterocycles. The minimum absolute atomic E-state index is 0.0724. The van der Waals surface area contributed by atoms with Crippen LogP contribution in [0, 0.1) is 0 Å². The Morgan fingerprint density at radius 3 is 2.33 bits per heavy atom. The Morgan fingerprint density at radius 1 is 1.29 bits per heavy atom. The van der Waals surface area contributed by atoms with E-state index in [-0.39, 0.29) is 11.8 Å². The second-order valence-corrected chi connectivity index (χ2v) is 7.99.